The monoisotopic (exact) mass is 320 g/mol. The van der Waals surface area contributed by atoms with E-state index in [1.54, 1.807) is 0 Å². The molecular formula is C20H32O3. The minimum Gasteiger partial charge on any atom is -0.507 e. The summed E-state index contributed by atoms with van der Waals surface area (Å²) >= 11 is 0. The van der Waals surface area contributed by atoms with Crippen molar-refractivity contribution in [1.82, 2.24) is 0 Å². The average Bonchev–Trinajstić information content (AvgIpc) is 2.37. The van der Waals surface area contributed by atoms with E-state index in [4.69, 9.17) is 0 Å². The standard InChI is InChI=1S/C20H32O3/c1-8-9-14(18(22)23)10-13-11-15(19(2,3)4)17(21)16(12-13)20(5,6)7/h11-12,14,21H,8-10H2,1-7H3,(H,22,23). The van der Waals surface area contributed by atoms with Crippen LogP contribution in [0.25, 0.3) is 0 Å². The lowest BCUT2D eigenvalue weighted by atomic mass is 9.77. The first-order valence-corrected chi connectivity index (χ1v) is 8.47. The van der Waals surface area contributed by atoms with Gasteiger partial charge in [-0.05, 0) is 40.4 Å². The lowest BCUT2D eigenvalue weighted by Crippen LogP contribution is -2.20. The number of benzene rings is 1. The van der Waals surface area contributed by atoms with Gasteiger partial charge in [0, 0.05) is 0 Å². The molecule has 3 heteroatoms. The zero-order chi connectivity index (χ0) is 18.0. The van der Waals surface area contributed by atoms with Crippen molar-refractivity contribution >= 4 is 5.97 Å². The third-order valence-electron chi connectivity index (χ3n) is 4.25. The highest BCUT2D eigenvalue weighted by Gasteiger charge is 2.27. The van der Waals surface area contributed by atoms with Crippen molar-refractivity contribution in [2.45, 2.75) is 78.6 Å². The van der Waals surface area contributed by atoms with Crippen molar-refractivity contribution in [3.05, 3.63) is 28.8 Å². The van der Waals surface area contributed by atoms with E-state index in [0.29, 0.717) is 18.6 Å². The van der Waals surface area contributed by atoms with Crippen molar-refractivity contribution < 1.29 is 15.0 Å². The Morgan fingerprint density at radius 3 is 1.78 bits per heavy atom. The smallest absolute Gasteiger partial charge is 0.306 e. The predicted octanol–water partition coefficient (Wildman–Crippen LogP) is 5.03. The van der Waals surface area contributed by atoms with Crippen LogP contribution >= 0.6 is 0 Å². The van der Waals surface area contributed by atoms with Crippen molar-refractivity contribution in [3.63, 3.8) is 0 Å². The van der Waals surface area contributed by atoms with Crippen LogP contribution in [0, 0.1) is 5.92 Å². The minimum atomic E-state index is -0.741. The van der Waals surface area contributed by atoms with Gasteiger partial charge >= 0.3 is 5.97 Å². The average molecular weight is 320 g/mol. The van der Waals surface area contributed by atoms with Crippen LogP contribution in [0.4, 0.5) is 0 Å². The summed E-state index contributed by atoms with van der Waals surface area (Å²) in [7, 11) is 0. The fourth-order valence-electron chi connectivity index (χ4n) is 2.90. The number of rotatable bonds is 5. The maximum Gasteiger partial charge on any atom is 0.306 e. The Morgan fingerprint density at radius 1 is 1.04 bits per heavy atom. The van der Waals surface area contributed by atoms with Crippen LogP contribution in [0.3, 0.4) is 0 Å². The van der Waals surface area contributed by atoms with Crippen LogP contribution in [0.1, 0.15) is 78.0 Å². The molecule has 0 saturated carbocycles. The number of carboxylic acid groups (broad SMARTS) is 1. The zero-order valence-electron chi connectivity index (χ0n) is 15.7. The molecule has 0 aliphatic heterocycles. The first-order chi connectivity index (χ1) is 10.4. The lowest BCUT2D eigenvalue weighted by Gasteiger charge is -2.28. The molecule has 2 N–H and O–H groups in total. The Morgan fingerprint density at radius 2 is 1.48 bits per heavy atom. The summed E-state index contributed by atoms with van der Waals surface area (Å²) in [5.41, 5.74) is 2.40. The Labute approximate surface area is 140 Å². The molecule has 0 heterocycles. The molecule has 0 aliphatic rings. The van der Waals surface area contributed by atoms with E-state index in [0.717, 1.165) is 23.1 Å². The zero-order valence-corrected chi connectivity index (χ0v) is 15.7. The Kier molecular flexibility index (Phi) is 5.89. The molecule has 0 fully saturated rings. The molecule has 130 valence electrons. The summed E-state index contributed by atoms with van der Waals surface area (Å²) < 4.78 is 0. The van der Waals surface area contributed by atoms with Crippen LogP contribution in [0.5, 0.6) is 5.75 Å². The van der Waals surface area contributed by atoms with Gasteiger partial charge in [0.2, 0.25) is 0 Å². The summed E-state index contributed by atoms with van der Waals surface area (Å²) in [6.45, 7) is 14.4. The van der Waals surface area contributed by atoms with Crippen LogP contribution < -0.4 is 0 Å². The minimum absolute atomic E-state index is 0.191. The van der Waals surface area contributed by atoms with Crippen LogP contribution in [-0.4, -0.2) is 16.2 Å². The van der Waals surface area contributed by atoms with E-state index in [-0.39, 0.29) is 16.7 Å². The van der Waals surface area contributed by atoms with Gasteiger partial charge in [-0.2, -0.15) is 0 Å². The molecule has 0 amide bonds. The number of phenolic OH excluding ortho intramolecular Hbond substituents is 1. The molecule has 1 aromatic rings. The molecule has 1 unspecified atom stereocenters. The predicted molar refractivity (Wildman–Crippen MR) is 95.2 cm³/mol. The second-order valence-electron chi connectivity index (χ2n) is 8.57. The molecule has 0 aromatic heterocycles. The van der Waals surface area contributed by atoms with Gasteiger partial charge in [-0.3, -0.25) is 4.79 Å². The third-order valence-corrected chi connectivity index (χ3v) is 4.25. The Balaban J connectivity index is 3.41. The summed E-state index contributed by atoms with van der Waals surface area (Å²) in [5.74, 6) is -0.768. The summed E-state index contributed by atoms with van der Waals surface area (Å²) in [6.07, 6.45) is 2.04. The fourth-order valence-corrected chi connectivity index (χ4v) is 2.90. The molecule has 1 rings (SSSR count). The normalized spacial score (nSPS) is 13.9. The number of hydrogen-bond acceptors (Lipinski definition) is 2. The van der Waals surface area contributed by atoms with Crippen LogP contribution in [0.15, 0.2) is 12.1 Å². The summed E-state index contributed by atoms with van der Waals surface area (Å²) in [6, 6.07) is 3.96. The third kappa shape index (κ3) is 4.98. The second kappa shape index (κ2) is 6.94. The molecule has 23 heavy (non-hydrogen) atoms. The molecule has 0 saturated heterocycles. The van der Waals surface area contributed by atoms with E-state index in [1.807, 2.05) is 19.1 Å². The quantitative estimate of drug-likeness (QED) is 0.800. The number of carbonyl (C=O) groups is 1. The molecule has 0 bridgehead atoms. The van der Waals surface area contributed by atoms with Crippen LogP contribution in [-0.2, 0) is 22.0 Å². The van der Waals surface area contributed by atoms with E-state index in [2.05, 4.69) is 41.5 Å². The van der Waals surface area contributed by atoms with Gasteiger partial charge in [-0.25, -0.2) is 0 Å². The number of hydrogen-bond donors (Lipinski definition) is 2. The molecule has 1 aromatic carbocycles. The Bertz CT molecular complexity index is 524. The topological polar surface area (TPSA) is 57.5 Å². The van der Waals surface area contributed by atoms with Gasteiger partial charge < -0.3 is 10.2 Å². The van der Waals surface area contributed by atoms with Gasteiger partial charge in [-0.1, -0.05) is 67.0 Å². The maximum absolute atomic E-state index is 11.5. The van der Waals surface area contributed by atoms with Gasteiger partial charge in [-0.15, -0.1) is 0 Å². The number of phenols is 1. The molecule has 0 spiro atoms. The molecule has 1 atom stereocenters. The SMILES string of the molecule is CCCC(Cc1cc(C(C)(C)C)c(O)c(C(C)(C)C)c1)C(=O)O. The fraction of sp³-hybridized carbons (Fsp3) is 0.650. The van der Waals surface area contributed by atoms with Crippen molar-refractivity contribution in [3.8, 4) is 5.75 Å². The Hall–Kier alpha value is -1.51. The highest BCUT2D eigenvalue weighted by Crippen LogP contribution is 2.40. The van der Waals surface area contributed by atoms with Crippen LogP contribution in [0.2, 0.25) is 0 Å². The van der Waals surface area contributed by atoms with E-state index in [1.165, 1.54) is 0 Å². The largest absolute Gasteiger partial charge is 0.507 e. The highest BCUT2D eigenvalue weighted by atomic mass is 16.4. The molecule has 0 radical (unpaired) electrons. The van der Waals surface area contributed by atoms with Crippen molar-refractivity contribution in [2.75, 3.05) is 0 Å². The first kappa shape index (κ1) is 19.5. The van der Waals surface area contributed by atoms with Gasteiger partial charge in [0.05, 0.1) is 5.92 Å². The molecular weight excluding hydrogens is 288 g/mol. The van der Waals surface area contributed by atoms with E-state index >= 15 is 0 Å². The van der Waals surface area contributed by atoms with E-state index in [9.17, 15) is 15.0 Å². The maximum atomic E-state index is 11.5. The second-order valence-corrected chi connectivity index (χ2v) is 8.57. The summed E-state index contributed by atoms with van der Waals surface area (Å²) in [4.78, 5) is 11.5. The number of carboxylic acids is 1. The highest BCUT2D eigenvalue weighted by molar-refractivity contribution is 5.70. The van der Waals surface area contributed by atoms with Crippen molar-refractivity contribution in [2.24, 2.45) is 5.92 Å². The van der Waals surface area contributed by atoms with Gasteiger partial charge in [0.1, 0.15) is 5.75 Å². The van der Waals surface area contributed by atoms with E-state index < -0.39 is 5.97 Å². The number of aliphatic carboxylic acids is 1. The van der Waals surface area contributed by atoms with Gasteiger partial charge in [0.15, 0.2) is 0 Å². The molecule has 3 nitrogen and oxygen atoms in total. The summed E-state index contributed by atoms with van der Waals surface area (Å²) in [5, 5.41) is 20.1. The lowest BCUT2D eigenvalue weighted by molar-refractivity contribution is -0.141. The van der Waals surface area contributed by atoms with Gasteiger partial charge in [0.25, 0.3) is 0 Å². The number of aromatic hydroxyl groups is 1. The molecule has 0 aliphatic carbocycles. The first-order valence-electron chi connectivity index (χ1n) is 8.47. The van der Waals surface area contributed by atoms with Crippen molar-refractivity contribution in [1.29, 1.82) is 0 Å².